The minimum absolute atomic E-state index is 0.153. The second kappa shape index (κ2) is 10.6. The summed E-state index contributed by atoms with van der Waals surface area (Å²) in [6, 6.07) is 10.3. The van der Waals surface area contributed by atoms with Gasteiger partial charge in [-0.1, -0.05) is 12.1 Å². The molecule has 0 saturated carbocycles. The van der Waals surface area contributed by atoms with Crippen LogP contribution >= 0.6 is 0 Å². The lowest BCUT2D eigenvalue weighted by molar-refractivity contribution is -0.137. The van der Waals surface area contributed by atoms with Gasteiger partial charge in [-0.2, -0.15) is 0 Å². The van der Waals surface area contributed by atoms with E-state index in [1.807, 2.05) is 13.0 Å². The van der Waals surface area contributed by atoms with E-state index in [2.05, 4.69) is 44.0 Å². The molecular weight excluding hydrogens is 388 g/mol. The molecule has 4 rings (SSSR count). The molecule has 0 unspecified atom stereocenters. The molecule has 0 radical (unpaired) electrons. The molecule has 2 aliphatic heterocycles. The molecule has 0 N–H and O–H groups in total. The van der Waals surface area contributed by atoms with E-state index in [9.17, 15) is 4.79 Å². The van der Waals surface area contributed by atoms with E-state index >= 15 is 0 Å². The van der Waals surface area contributed by atoms with Crippen LogP contribution in [0.1, 0.15) is 44.6 Å². The minimum Gasteiger partial charge on any atom is -0.494 e. The van der Waals surface area contributed by atoms with Crippen molar-refractivity contribution >= 4 is 11.9 Å². The van der Waals surface area contributed by atoms with Crippen LogP contribution in [0, 0.1) is 11.8 Å². The van der Waals surface area contributed by atoms with Crippen LogP contribution < -0.4 is 9.64 Å². The first-order valence-corrected chi connectivity index (χ1v) is 11.8. The van der Waals surface area contributed by atoms with Crippen molar-refractivity contribution in [2.24, 2.45) is 11.8 Å². The van der Waals surface area contributed by atoms with Gasteiger partial charge in [0.2, 0.25) is 11.9 Å². The third-order valence-electron chi connectivity index (χ3n) is 6.68. The van der Waals surface area contributed by atoms with Crippen LogP contribution in [-0.4, -0.2) is 53.6 Å². The Bertz CT molecular complexity index is 811. The van der Waals surface area contributed by atoms with Gasteiger partial charge in [-0.05, 0) is 75.1 Å². The van der Waals surface area contributed by atoms with E-state index in [0.717, 1.165) is 70.0 Å². The summed E-state index contributed by atoms with van der Waals surface area (Å²) in [4.78, 5) is 26.0. The van der Waals surface area contributed by atoms with Gasteiger partial charge in [-0.3, -0.25) is 4.79 Å². The molecule has 1 amide bonds. The van der Waals surface area contributed by atoms with Gasteiger partial charge < -0.3 is 14.5 Å². The Labute approximate surface area is 185 Å². The SMILES string of the molecule is CCOc1ccc(CCC2CCN(C(=O)C3CCN(c4ncccn4)CC3)CC2)cc1. The van der Waals surface area contributed by atoms with E-state index in [-0.39, 0.29) is 5.92 Å². The summed E-state index contributed by atoms with van der Waals surface area (Å²) in [7, 11) is 0. The van der Waals surface area contributed by atoms with Crippen LogP contribution in [0.4, 0.5) is 5.95 Å². The smallest absolute Gasteiger partial charge is 0.225 e. The quantitative estimate of drug-likeness (QED) is 0.676. The lowest BCUT2D eigenvalue weighted by atomic mass is 9.89. The highest BCUT2D eigenvalue weighted by Gasteiger charge is 2.31. The number of carbonyl (C=O) groups excluding carboxylic acids is 1. The Morgan fingerprint density at radius 1 is 1.00 bits per heavy atom. The van der Waals surface area contributed by atoms with Crippen molar-refractivity contribution in [2.45, 2.75) is 45.4 Å². The number of piperidine rings is 2. The highest BCUT2D eigenvalue weighted by atomic mass is 16.5. The van der Waals surface area contributed by atoms with Crippen LogP contribution in [0.2, 0.25) is 0 Å². The molecule has 0 aliphatic carbocycles. The van der Waals surface area contributed by atoms with E-state index in [4.69, 9.17) is 4.74 Å². The number of rotatable bonds is 7. The molecular formula is C25H34N4O2. The highest BCUT2D eigenvalue weighted by Crippen LogP contribution is 2.27. The third kappa shape index (κ3) is 5.75. The molecule has 6 nitrogen and oxygen atoms in total. The van der Waals surface area contributed by atoms with Crippen molar-refractivity contribution in [3.05, 3.63) is 48.3 Å². The third-order valence-corrected chi connectivity index (χ3v) is 6.68. The number of anilines is 1. The second-order valence-corrected chi connectivity index (χ2v) is 8.69. The predicted octanol–water partition coefficient (Wildman–Crippen LogP) is 3.96. The number of hydrogen-bond donors (Lipinski definition) is 0. The highest BCUT2D eigenvalue weighted by molar-refractivity contribution is 5.79. The molecule has 2 aliphatic rings. The summed E-state index contributed by atoms with van der Waals surface area (Å²) >= 11 is 0. The van der Waals surface area contributed by atoms with E-state index in [1.54, 1.807) is 12.4 Å². The van der Waals surface area contributed by atoms with E-state index in [0.29, 0.717) is 18.4 Å². The Morgan fingerprint density at radius 3 is 2.32 bits per heavy atom. The Balaban J connectivity index is 1.18. The molecule has 1 aromatic heterocycles. The molecule has 2 saturated heterocycles. The average molecular weight is 423 g/mol. The number of carbonyl (C=O) groups is 1. The van der Waals surface area contributed by atoms with Crippen molar-refractivity contribution in [1.82, 2.24) is 14.9 Å². The average Bonchev–Trinajstić information content (AvgIpc) is 2.84. The molecule has 2 fully saturated rings. The number of ether oxygens (including phenoxy) is 1. The summed E-state index contributed by atoms with van der Waals surface area (Å²) in [6.07, 6.45) is 9.90. The first kappa shape index (κ1) is 21.6. The van der Waals surface area contributed by atoms with Gasteiger partial charge in [0.15, 0.2) is 0 Å². The molecule has 2 aromatic rings. The van der Waals surface area contributed by atoms with E-state index < -0.39 is 0 Å². The maximum absolute atomic E-state index is 13.0. The van der Waals surface area contributed by atoms with Crippen LogP contribution in [0.3, 0.4) is 0 Å². The number of hydrogen-bond acceptors (Lipinski definition) is 5. The van der Waals surface area contributed by atoms with Crippen LogP contribution in [0.25, 0.3) is 0 Å². The first-order valence-electron chi connectivity index (χ1n) is 11.8. The van der Waals surface area contributed by atoms with Crippen LogP contribution in [-0.2, 0) is 11.2 Å². The van der Waals surface area contributed by atoms with Crippen molar-refractivity contribution < 1.29 is 9.53 Å². The summed E-state index contributed by atoms with van der Waals surface area (Å²) in [5.74, 6) is 2.95. The molecule has 1 aromatic carbocycles. The predicted molar refractivity (Wildman–Crippen MR) is 122 cm³/mol. The van der Waals surface area contributed by atoms with Gasteiger partial charge in [0.05, 0.1) is 6.61 Å². The molecule has 0 atom stereocenters. The summed E-state index contributed by atoms with van der Waals surface area (Å²) in [6.45, 7) is 6.26. The van der Waals surface area contributed by atoms with Crippen molar-refractivity contribution in [2.75, 3.05) is 37.7 Å². The lowest BCUT2D eigenvalue weighted by Gasteiger charge is -2.37. The molecule has 6 heteroatoms. The largest absolute Gasteiger partial charge is 0.494 e. The molecule has 31 heavy (non-hydrogen) atoms. The summed E-state index contributed by atoms with van der Waals surface area (Å²) in [5, 5.41) is 0. The number of amides is 1. The summed E-state index contributed by atoms with van der Waals surface area (Å²) in [5.41, 5.74) is 1.37. The van der Waals surface area contributed by atoms with E-state index in [1.165, 1.54) is 12.0 Å². The van der Waals surface area contributed by atoms with Gasteiger partial charge in [0.1, 0.15) is 5.75 Å². The molecule has 166 valence electrons. The summed E-state index contributed by atoms with van der Waals surface area (Å²) < 4.78 is 5.52. The second-order valence-electron chi connectivity index (χ2n) is 8.69. The number of benzene rings is 1. The zero-order valence-electron chi connectivity index (χ0n) is 18.6. The first-order chi connectivity index (χ1) is 15.2. The van der Waals surface area contributed by atoms with Crippen LogP contribution in [0.15, 0.2) is 42.7 Å². The Hall–Kier alpha value is -2.63. The number of aromatic nitrogens is 2. The van der Waals surface area contributed by atoms with Crippen molar-refractivity contribution in [3.63, 3.8) is 0 Å². The monoisotopic (exact) mass is 422 g/mol. The van der Waals surface area contributed by atoms with Crippen LogP contribution in [0.5, 0.6) is 5.75 Å². The van der Waals surface area contributed by atoms with Gasteiger partial charge in [0.25, 0.3) is 0 Å². The fourth-order valence-electron chi connectivity index (χ4n) is 4.77. The van der Waals surface area contributed by atoms with Crippen molar-refractivity contribution in [3.8, 4) is 5.75 Å². The maximum Gasteiger partial charge on any atom is 0.225 e. The minimum atomic E-state index is 0.153. The topological polar surface area (TPSA) is 58.6 Å². The zero-order valence-corrected chi connectivity index (χ0v) is 18.6. The fraction of sp³-hybridized carbons (Fsp3) is 0.560. The number of likely N-dealkylation sites (tertiary alicyclic amines) is 1. The molecule has 0 spiro atoms. The normalized spacial score (nSPS) is 18.2. The van der Waals surface area contributed by atoms with Crippen molar-refractivity contribution in [1.29, 1.82) is 0 Å². The number of nitrogens with zero attached hydrogens (tertiary/aromatic N) is 4. The standard InChI is InChI=1S/C25H34N4O2/c1-2-31-23-8-6-20(7-9-23)4-5-21-10-16-28(17-11-21)24(30)22-12-18-29(19-13-22)25-26-14-3-15-27-25/h3,6-9,14-15,21-22H,2,4-5,10-13,16-19H2,1H3. The van der Waals surface area contributed by atoms with Gasteiger partial charge in [-0.15, -0.1) is 0 Å². The number of aryl methyl sites for hydroxylation is 1. The maximum atomic E-state index is 13.0. The Morgan fingerprint density at radius 2 is 1.68 bits per heavy atom. The van der Waals surface area contributed by atoms with Gasteiger partial charge >= 0.3 is 0 Å². The molecule has 3 heterocycles. The Kier molecular flexibility index (Phi) is 7.39. The fourth-order valence-corrected chi connectivity index (χ4v) is 4.77. The van der Waals surface area contributed by atoms with Gasteiger partial charge in [0, 0.05) is 44.5 Å². The molecule has 0 bridgehead atoms. The van der Waals surface area contributed by atoms with Gasteiger partial charge in [-0.25, -0.2) is 9.97 Å². The lowest BCUT2D eigenvalue weighted by Crippen LogP contribution is -2.45. The zero-order chi connectivity index (χ0) is 21.5.